The molecule has 0 amide bonds. The number of hydrogen-bond acceptors (Lipinski definition) is 3. The fourth-order valence-electron chi connectivity index (χ4n) is 2.27. The van der Waals surface area contributed by atoms with E-state index in [2.05, 4.69) is 0 Å². The van der Waals surface area contributed by atoms with Crippen molar-refractivity contribution in [2.75, 3.05) is 6.26 Å². The lowest BCUT2D eigenvalue weighted by Gasteiger charge is -2.16. The fraction of sp³-hybridized carbons (Fsp3) is 0.188. The first-order chi connectivity index (χ1) is 10.3. The topological polar surface area (TPSA) is 71.4 Å². The number of rotatable bonds is 5. The van der Waals surface area contributed by atoms with Gasteiger partial charge < -0.3 is 5.11 Å². The van der Waals surface area contributed by atoms with Gasteiger partial charge in [0.05, 0.1) is 11.3 Å². The van der Waals surface area contributed by atoms with Crippen molar-refractivity contribution in [3.8, 4) is 0 Å². The van der Waals surface area contributed by atoms with E-state index in [1.54, 1.807) is 18.2 Å². The number of hydrogen-bond donors (Lipinski definition) is 1. The molecule has 1 atom stereocenters. The van der Waals surface area contributed by atoms with Crippen molar-refractivity contribution in [2.45, 2.75) is 17.2 Å². The summed E-state index contributed by atoms with van der Waals surface area (Å²) in [4.78, 5) is 11.2. The second-order valence-corrected chi connectivity index (χ2v) is 7.06. The largest absolute Gasteiger partial charge is 0.481 e. The van der Waals surface area contributed by atoms with Crippen LogP contribution in [0.3, 0.4) is 0 Å². The molecule has 0 saturated carbocycles. The number of carbonyl (C=O) groups is 1. The molecule has 22 heavy (non-hydrogen) atoms. The Balaban J connectivity index is 2.44. The Morgan fingerprint density at radius 1 is 1.14 bits per heavy atom. The molecule has 0 aliphatic heterocycles. The predicted octanol–water partition coefficient (Wildman–Crippen LogP) is 2.84. The fourth-order valence-corrected chi connectivity index (χ4v) is 2.90. The third-order valence-corrected chi connectivity index (χ3v) is 4.47. The number of carboxylic acid groups (broad SMARTS) is 1. The van der Waals surface area contributed by atoms with Gasteiger partial charge in [-0.05, 0) is 35.4 Å². The Hall–Kier alpha value is -2.21. The standard InChI is InChI=1S/C16H15FO4S/c1-22(20,21)14-7-5-11(6-8-14)15(10-16(18)19)12-3-2-4-13(17)9-12/h2-9,15H,10H2,1H3,(H,18,19). The quantitative estimate of drug-likeness (QED) is 0.919. The number of sulfone groups is 1. The molecular weight excluding hydrogens is 307 g/mol. The van der Waals surface area contributed by atoms with Gasteiger partial charge in [0.15, 0.2) is 9.84 Å². The lowest BCUT2D eigenvalue weighted by atomic mass is 9.88. The Morgan fingerprint density at radius 2 is 1.77 bits per heavy atom. The second-order valence-electron chi connectivity index (χ2n) is 5.05. The summed E-state index contributed by atoms with van der Waals surface area (Å²) in [5.41, 5.74) is 1.16. The first kappa shape index (κ1) is 16.2. The normalized spacial score (nSPS) is 12.8. The van der Waals surface area contributed by atoms with Crippen LogP contribution in [-0.2, 0) is 14.6 Å². The van der Waals surface area contributed by atoms with Gasteiger partial charge in [0.1, 0.15) is 5.82 Å². The van der Waals surface area contributed by atoms with Crippen molar-refractivity contribution in [3.05, 3.63) is 65.5 Å². The monoisotopic (exact) mass is 322 g/mol. The van der Waals surface area contributed by atoms with Crippen molar-refractivity contribution < 1.29 is 22.7 Å². The van der Waals surface area contributed by atoms with E-state index in [9.17, 15) is 17.6 Å². The lowest BCUT2D eigenvalue weighted by Crippen LogP contribution is -2.08. The van der Waals surface area contributed by atoms with E-state index in [1.165, 1.54) is 30.3 Å². The van der Waals surface area contributed by atoms with Gasteiger partial charge in [-0.1, -0.05) is 24.3 Å². The van der Waals surface area contributed by atoms with Gasteiger partial charge in [-0.25, -0.2) is 12.8 Å². The van der Waals surface area contributed by atoms with Gasteiger partial charge >= 0.3 is 5.97 Å². The summed E-state index contributed by atoms with van der Waals surface area (Å²) in [5, 5.41) is 9.07. The highest BCUT2D eigenvalue weighted by Crippen LogP contribution is 2.29. The summed E-state index contributed by atoms with van der Waals surface area (Å²) < 4.78 is 36.3. The molecule has 1 unspecified atom stereocenters. The van der Waals surface area contributed by atoms with Crippen molar-refractivity contribution in [1.82, 2.24) is 0 Å². The first-order valence-electron chi connectivity index (χ1n) is 6.54. The zero-order chi connectivity index (χ0) is 16.3. The van der Waals surface area contributed by atoms with Crippen molar-refractivity contribution in [3.63, 3.8) is 0 Å². The minimum Gasteiger partial charge on any atom is -0.481 e. The zero-order valence-corrected chi connectivity index (χ0v) is 12.7. The summed E-state index contributed by atoms with van der Waals surface area (Å²) in [7, 11) is -3.32. The molecule has 0 aliphatic carbocycles. The molecule has 0 spiro atoms. The van der Waals surface area contributed by atoms with E-state index in [4.69, 9.17) is 5.11 Å². The molecule has 0 aliphatic rings. The minimum atomic E-state index is -3.32. The molecule has 0 radical (unpaired) electrons. The molecular formula is C16H15FO4S. The van der Waals surface area contributed by atoms with Gasteiger partial charge in [-0.2, -0.15) is 0 Å². The van der Waals surface area contributed by atoms with E-state index >= 15 is 0 Å². The van der Waals surface area contributed by atoms with Gasteiger partial charge in [0, 0.05) is 12.2 Å². The van der Waals surface area contributed by atoms with Crippen LogP contribution < -0.4 is 0 Å². The maximum atomic E-state index is 13.4. The molecule has 6 heteroatoms. The van der Waals surface area contributed by atoms with Crippen LogP contribution in [0.1, 0.15) is 23.5 Å². The van der Waals surface area contributed by atoms with Crippen LogP contribution in [0.4, 0.5) is 4.39 Å². The molecule has 1 N–H and O–H groups in total. The summed E-state index contributed by atoms with van der Waals surface area (Å²) in [5.74, 6) is -2.00. The Labute approximate surface area is 128 Å². The number of halogens is 1. The van der Waals surface area contributed by atoms with Crippen LogP contribution in [0.2, 0.25) is 0 Å². The molecule has 4 nitrogen and oxygen atoms in total. The van der Waals surface area contributed by atoms with Crippen molar-refractivity contribution in [1.29, 1.82) is 0 Å². The highest BCUT2D eigenvalue weighted by Gasteiger charge is 2.19. The summed E-state index contributed by atoms with van der Waals surface area (Å²) in [6.07, 6.45) is 0.894. The molecule has 0 bridgehead atoms. The van der Waals surface area contributed by atoms with Crippen LogP contribution in [0, 0.1) is 5.82 Å². The second kappa shape index (κ2) is 6.27. The van der Waals surface area contributed by atoms with Crippen LogP contribution in [0.5, 0.6) is 0 Å². The predicted molar refractivity (Wildman–Crippen MR) is 80.0 cm³/mol. The Morgan fingerprint density at radius 3 is 2.27 bits per heavy atom. The number of benzene rings is 2. The highest BCUT2D eigenvalue weighted by molar-refractivity contribution is 7.90. The van der Waals surface area contributed by atoms with E-state index in [0.717, 1.165) is 6.26 Å². The van der Waals surface area contributed by atoms with Gasteiger partial charge in [-0.3, -0.25) is 4.79 Å². The summed E-state index contributed by atoms with van der Waals surface area (Å²) in [6, 6.07) is 11.7. The SMILES string of the molecule is CS(=O)(=O)c1ccc(C(CC(=O)O)c2cccc(F)c2)cc1. The third-order valence-electron chi connectivity index (χ3n) is 3.34. The Kier molecular flexibility index (Phi) is 4.61. The van der Waals surface area contributed by atoms with Gasteiger partial charge in [0.25, 0.3) is 0 Å². The average molecular weight is 322 g/mol. The molecule has 0 fully saturated rings. The van der Waals surface area contributed by atoms with E-state index in [-0.39, 0.29) is 11.3 Å². The van der Waals surface area contributed by atoms with Crippen LogP contribution in [0.15, 0.2) is 53.4 Å². The first-order valence-corrected chi connectivity index (χ1v) is 8.44. The number of carboxylic acids is 1. The van der Waals surface area contributed by atoms with Crippen molar-refractivity contribution >= 4 is 15.8 Å². The third kappa shape index (κ3) is 3.92. The van der Waals surface area contributed by atoms with Gasteiger partial charge in [0.2, 0.25) is 0 Å². The molecule has 2 rings (SSSR count). The molecule has 2 aromatic rings. The highest BCUT2D eigenvalue weighted by atomic mass is 32.2. The van der Waals surface area contributed by atoms with E-state index in [1.807, 2.05) is 0 Å². The smallest absolute Gasteiger partial charge is 0.304 e. The molecule has 0 aromatic heterocycles. The number of aliphatic carboxylic acids is 1. The summed E-state index contributed by atoms with van der Waals surface area (Å²) >= 11 is 0. The van der Waals surface area contributed by atoms with Crippen LogP contribution >= 0.6 is 0 Å². The van der Waals surface area contributed by atoms with Crippen LogP contribution in [-0.4, -0.2) is 25.7 Å². The minimum absolute atomic E-state index is 0.157. The molecule has 0 heterocycles. The summed E-state index contributed by atoms with van der Waals surface area (Å²) in [6.45, 7) is 0. The van der Waals surface area contributed by atoms with E-state index in [0.29, 0.717) is 11.1 Å². The lowest BCUT2D eigenvalue weighted by molar-refractivity contribution is -0.137. The van der Waals surface area contributed by atoms with Gasteiger partial charge in [-0.15, -0.1) is 0 Å². The van der Waals surface area contributed by atoms with Crippen LogP contribution in [0.25, 0.3) is 0 Å². The Bertz CT molecular complexity index is 782. The molecule has 2 aromatic carbocycles. The molecule has 116 valence electrons. The molecule has 0 saturated heterocycles. The maximum Gasteiger partial charge on any atom is 0.304 e. The maximum absolute atomic E-state index is 13.4. The average Bonchev–Trinajstić information content (AvgIpc) is 2.44. The van der Waals surface area contributed by atoms with E-state index < -0.39 is 27.5 Å². The zero-order valence-electron chi connectivity index (χ0n) is 11.9. The van der Waals surface area contributed by atoms with Crippen molar-refractivity contribution in [2.24, 2.45) is 0 Å².